The van der Waals surface area contributed by atoms with E-state index < -0.39 is 0 Å². The normalized spacial score (nSPS) is 21.6. The summed E-state index contributed by atoms with van der Waals surface area (Å²) in [5.74, 6) is -0.286. The van der Waals surface area contributed by atoms with E-state index in [4.69, 9.17) is 5.73 Å². The van der Waals surface area contributed by atoms with Crippen LogP contribution in [0.4, 0.5) is 0 Å². The van der Waals surface area contributed by atoms with Gasteiger partial charge in [-0.2, -0.15) is 0 Å². The molecule has 3 N–H and O–H groups in total. The molecule has 108 valence electrons. The summed E-state index contributed by atoms with van der Waals surface area (Å²) in [5.41, 5.74) is 5.18. The van der Waals surface area contributed by atoms with Crippen molar-refractivity contribution in [3.8, 4) is 0 Å². The van der Waals surface area contributed by atoms with Gasteiger partial charge in [0.1, 0.15) is 0 Å². The lowest BCUT2D eigenvalue weighted by Gasteiger charge is -2.38. The average Bonchev–Trinajstić information content (AvgIpc) is 2.98. The van der Waals surface area contributed by atoms with Crippen molar-refractivity contribution < 1.29 is 9.59 Å². The van der Waals surface area contributed by atoms with Crippen molar-refractivity contribution in [2.24, 2.45) is 5.73 Å². The van der Waals surface area contributed by atoms with Crippen LogP contribution in [0, 0.1) is 0 Å². The summed E-state index contributed by atoms with van der Waals surface area (Å²) in [7, 11) is 0. The van der Waals surface area contributed by atoms with Crippen LogP contribution in [0.1, 0.15) is 25.7 Å². The van der Waals surface area contributed by atoms with Gasteiger partial charge < -0.3 is 16.0 Å². The van der Waals surface area contributed by atoms with Gasteiger partial charge in [-0.25, -0.2) is 0 Å². The van der Waals surface area contributed by atoms with Crippen LogP contribution >= 0.6 is 0 Å². The second kappa shape index (κ2) is 6.86. The molecular weight excluding hydrogens is 244 g/mol. The molecule has 0 aromatic rings. The van der Waals surface area contributed by atoms with Gasteiger partial charge in [0.15, 0.2) is 0 Å². The molecule has 0 atom stereocenters. The smallest absolute Gasteiger partial charge is 0.242 e. The lowest BCUT2D eigenvalue weighted by Crippen LogP contribution is -2.53. The number of nitrogens with zero attached hydrogens (tertiary/aromatic N) is 2. The molecule has 0 aromatic carbocycles. The summed E-state index contributed by atoms with van der Waals surface area (Å²) in [6.45, 7) is 3.46. The van der Waals surface area contributed by atoms with Crippen molar-refractivity contribution in [3.05, 3.63) is 0 Å². The fourth-order valence-electron chi connectivity index (χ4n) is 2.96. The first-order valence-corrected chi connectivity index (χ1v) is 7.19. The first-order chi connectivity index (χ1) is 9.20. The molecule has 2 amide bonds. The van der Waals surface area contributed by atoms with Gasteiger partial charge in [0.05, 0.1) is 13.1 Å². The highest BCUT2D eigenvalue weighted by Gasteiger charge is 2.27. The topological polar surface area (TPSA) is 78.7 Å². The van der Waals surface area contributed by atoms with Gasteiger partial charge in [-0.05, 0) is 12.8 Å². The highest BCUT2D eigenvalue weighted by Crippen LogP contribution is 2.24. The van der Waals surface area contributed by atoms with E-state index in [0.29, 0.717) is 0 Å². The molecule has 1 heterocycles. The number of amides is 2. The zero-order valence-corrected chi connectivity index (χ0v) is 11.4. The maximum Gasteiger partial charge on any atom is 0.242 e. The Bertz CT molecular complexity index is 321. The second-order valence-corrected chi connectivity index (χ2v) is 5.34. The maximum absolute atomic E-state index is 11.9. The number of nitrogens with two attached hydrogens (primary N) is 1. The minimum atomic E-state index is -0.280. The van der Waals surface area contributed by atoms with Crippen LogP contribution in [-0.2, 0) is 9.59 Å². The van der Waals surface area contributed by atoms with Gasteiger partial charge in [-0.15, -0.1) is 0 Å². The zero-order chi connectivity index (χ0) is 13.7. The van der Waals surface area contributed by atoms with E-state index in [2.05, 4.69) is 10.2 Å². The molecule has 2 rings (SSSR count). The van der Waals surface area contributed by atoms with Gasteiger partial charge in [0, 0.05) is 32.2 Å². The first-order valence-electron chi connectivity index (χ1n) is 7.19. The lowest BCUT2D eigenvalue weighted by atomic mass is 10.2. The summed E-state index contributed by atoms with van der Waals surface area (Å²) >= 11 is 0. The molecule has 1 saturated carbocycles. The lowest BCUT2D eigenvalue weighted by molar-refractivity contribution is -0.134. The molecule has 6 heteroatoms. The van der Waals surface area contributed by atoms with Crippen LogP contribution in [0.2, 0.25) is 0 Å². The van der Waals surface area contributed by atoms with Crippen molar-refractivity contribution in [3.63, 3.8) is 0 Å². The average molecular weight is 268 g/mol. The SMILES string of the molecule is NCC(=O)NCC(=O)N1CCN(C2CCCC2)CC1. The Morgan fingerprint density at radius 3 is 2.32 bits per heavy atom. The minimum absolute atomic E-state index is 0.00660. The summed E-state index contributed by atoms with van der Waals surface area (Å²) in [5, 5.41) is 2.53. The molecular formula is C13H24N4O2. The summed E-state index contributed by atoms with van der Waals surface area (Å²) in [4.78, 5) is 27.3. The van der Waals surface area contributed by atoms with E-state index in [1.807, 2.05) is 4.90 Å². The molecule has 0 bridgehead atoms. The molecule has 6 nitrogen and oxygen atoms in total. The molecule has 0 aromatic heterocycles. The number of piperazine rings is 1. The standard InChI is InChI=1S/C13H24N4O2/c14-9-12(18)15-10-13(19)17-7-5-16(6-8-17)11-3-1-2-4-11/h11H,1-10,14H2,(H,15,18). The highest BCUT2D eigenvalue weighted by molar-refractivity contribution is 5.85. The fourth-order valence-corrected chi connectivity index (χ4v) is 2.96. The van der Waals surface area contributed by atoms with Crippen molar-refractivity contribution in [1.29, 1.82) is 0 Å². The molecule has 1 aliphatic heterocycles. The van der Waals surface area contributed by atoms with Crippen LogP contribution in [0.15, 0.2) is 0 Å². The molecule has 1 saturated heterocycles. The van der Waals surface area contributed by atoms with Gasteiger partial charge >= 0.3 is 0 Å². The van der Waals surface area contributed by atoms with Gasteiger partial charge in [-0.1, -0.05) is 12.8 Å². The monoisotopic (exact) mass is 268 g/mol. The number of carbonyl (C=O) groups is 2. The molecule has 1 aliphatic carbocycles. The Morgan fingerprint density at radius 2 is 1.74 bits per heavy atom. The predicted molar refractivity (Wildman–Crippen MR) is 72.5 cm³/mol. The number of nitrogens with one attached hydrogen (secondary N) is 1. The van der Waals surface area contributed by atoms with Gasteiger partial charge in [-0.3, -0.25) is 14.5 Å². The Morgan fingerprint density at radius 1 is 1.11 bits per heavy atom. The molecule has 19 heavy (non-hydrogen) atoms. The van der Waals surface area contributed by atoms with E-state index in [0.717, 1.165) is 32.2 Å². The van der Waals surface area contributed by atoms with Crippen LogP contribution in [0.5, 0.6) is 0 Å². The van der Waals surface area contributed by atoms with E-state index in [-0.39, 0.29) is 24.9 Å². The van der Waals surface area contributed by atoms with Crippen LogP contribution < -0.4 is 11.1 Å². The fraction of sp³-hybridized carbons (Fsp3) is 0.846. The van der Waals surface area contributed by atoms with E-state index in [9.17, 15) is 9.59 Å². The predicted octanol–water partition coefficient (Wildman–Crippen LogP) is -0.852. The summed E-state index contributed by atoms with van der Waals surface area (Å²) in [6, 6.07) is 0.731. The van der Waals surface area contributed by atoms with E-state index in [1.54, 1.807) is 0 Å². The quantitative estimate of drug-likeness (QED) is 0.696. The maximum atomic E-state index is 11.9. The largest absolute Gasteiger partial charge is 0.346 e. The zero-order valence-electron chi connectivity index (χ0n) is 11.4. The number of hydrogen-bond acceptors (Lipinski definition) is 4. The Labute approximate surface area is 114 Å². The molecule has 0 radical (unpaired) electrons. The van der Waals surface area contributed by atoms with Crippen LogP contribution in [-0.4, -0.2) is 66.9 Å². The third-order valence-electron chi connectivity index (χ3n) is 4.13. The molecule has 0 spiro atoms. The van der Waals surface area contributed by atoms with Crippen molar-refractivity contribution in [1.82, 2.24) is 15.1 Å². The molecule has 0 unspecified atom stereocenters. The minimum Gasteiger partial charge on any atom is -0.346 e. The summed E-state index contributed by atoms with van der Waals surface area (Å²) < 4.78 is 0. The van der Waals surface area contributed by atoms with Gasteiger partial charge in [0.25, 0.3) is 0 Å². The van der Waals surface area contributed by atoms with E-state index >= 15 is 0 Å². The second-order valence-electron chi connectivity index (χ2n) is 5.34. The van der Waals surface area contributed by atoms with Crippen molar-refractivity contribution in [2.75, 3.05) is 39.3 Å². The number of rotatable bonds is 4. The third-order valence-corrected chi connectivity index (χ3v) is 4.13. The molecule has 2 aliphatic rings. The third kappa shape index (κ3) is 3.91. The van der Waals surface area contributed by atoms with Crippen molar-refractivity contribution >= 4 is 11.8 Å². The number of hydrogen-bond donors (Lipinski definition) is 2. The Balaban J connectivity index is 1.70. The molecule has 2 fully saturated rings. The number of carbonyl (C=O) groups excluding carboxylic acids is 2. The van der Waals surface area contributed by atoms with Crippen LogP contribution in [0.3, 0.4) is 0 Å². The van der Waals surface area contributed by atoms with Crippen LogP contribution in [0.25, 0.3) is 0 Å². The Kier molecular flexibility index (Phi) is 5.15. The first kappa shape index (κ1) is 14.3. The summed E-state index contributed by atoms with van der Waals surface area (Å²) in [6.07, 6.45) is 5.30. The highest BCUT2D eigenvalue weighted by atomic mass is 16.2. The Hall–Kier alpha value is -1.14. The van der Waals surface area contributed by atoms with E-state index in [1.165, 1.54) is 25.7 Å². The van der Waals surface area contributed by atoms with Crippen molar-refractivity contribution in [2.45, 2.75) is 31.7 Å². The van der Waals surface area contributed by atoms with Gasteiger partial charge in [0.2, 0.25) is 11.8 Å².